The molecule has 26 heteroatoms. The molecule has 3 fully saturated rings. The lowest BCUT2D eigenvalue weighted by atomic mass is 9.85. The normalized spacial score (nSPS) is 17.7. The largest absolute Gasteiger partial charge is 0.508 e. The molecule has 0 saturated carbocycles. The Morgan fingerprint density at radius 3 is 2.17 bits per heavy atom. The number of aliphatic hydroxyl groups excluding tert-OH is 1. The number of carbonyl (C=O) groups is 5. The van der Waals surface area contributed by atoms with Gasteiger partial charge in [0, 0.05) is 69.7 Å². The highest BCUT2D eigenvalue weighted by molar-refractivity contribution is 7.13. The lowest BCUT2D eigenvalue weighted by molar-refractivity contribution is -0.142. The molecular weight excluding hydrogens is 1240 g/mol. The number of aromatic hydroxyl groups is 1. The third kappa shape index (κ3) is 18.5. The summed E-state index contributed by atoms with van der Waals surface area (Å²) in [7, 11) is 0. The van der Waals surface area contributed by atoms with Gasteiger partial charge in [0.15, 0.2) is 5.82 Å². The second-order valence-corrected chi connectivity index (χ2v) is 27.1. The Bertz CT molecular complexity index is 3590. The van der Waals surface area contributed by atoms with Crippen molar-refractivity contribution in [1.82, 2.24) is 45.6 Å². The molecule has 0 spiro atoms. The molecule has 3 aliphatic heterocycles. The topological polar surface area (TPSA) is 269 Å². The van der Waals surface area contributed by atoms with Gasteiger partial charge in [0.1, 0.15) is 47.5 Å². The standard InChI is InChI=1S/C67H86ClFN10O13S/c1-40(91-64-73-57-51(60(75-64)77-22-24-78(25-23-77)65(86)92-67(7,8)9)35-52(68)55(56(57)69)50-33-46(80)32-45-12-10-11-13-49(45)50)36-76-20-18-48(19-21-76)90-31-30-88-27-26-87-28-29-89-38-54(82)72-63(85)74-59(66(4,5)6)62(84)79-37-47(81)34-53(79)61(83)71-41(2)43-14-16-44(17-15-43)58-42(3)70-39-93-58/h10-17,32-33,35,39-41,47-48,53,59,80-81H,18-31,34,36-38H2,1-9H3,(H,71,83)(H2,72,74,82,85)/t40-,41+,47-,53+,59-/m1/s1. The number of benzene rings is 4. The molecule has 0 unspecified atom stereocenters. The summed E-state index contributed by atoms with van der Waals surface area (Å²) in [6.45, 7) is 20.9. The summed E-state index contributed by atoms with van der Waals surface area (Å²) < 4.78 is 52.2. The number of carbonyl (C=O) groups excluding carboxylic acids is 5. The van der Waals surface area contributed by atoms with Crippen molar-refractivity contribution in [1.29, 1.82) is 0 Å². The van der Waals surface area contributed by atoms with Crippen molar-refractivity contribution >= 4 is 80.3 Å². The van der Waals surface area contributed by atoms with Gasteiger partial charge in [-0.2, -0.15) is 9.97 Å². The number of aryl methyl sites for hydroxylation is 1. The molecule has 502 valence electrons. The summed E-state index contributed by atoms with van der Waals surface area (Å²) in [4.78, 5) is 88.7. The summed E-state index contributed by atoms with van der Waals surface area (Å²) in [5, 5.41) is 31.1. The summed E-state index contributed by atoms with van der Waals surface area (Å²) in [5.74, 6) is -2.05. The second kappa shape index (κ2) is 31.3. The molecule has 5 N–H and O–H groups in total. The third-order valence-electron chi connectivity index (χ3n) is 16.4. The van der Waals surface area contributed by atoms with Crippen LogP contribution in [0.4, 0.5) is 19.8 Å². The number of amides is 6. The quantitative estimate of drug-likeness (QED) is 0.0354. The molecule has 5 atom stereocenters. The number of likely N-dealkylation sites (tertiary alicyclic amines) is 2. The van der Waals surface area contributed by atoms with Crippen molar-refractivity contribution < 1.29 is 67.0 Å². The highest BCUT2D eigenvalue weighted by Crippen LogP contribution is 2.43. The molecule has 2 aromatic heterocycles. The zero-order valence-electron chi connectivity index (χ0n) is 54.3. The fourth-order valence-electron chi connectivity index (χ4n) is 11.7. The van der Waals surface area contributed by atoms with Gasteiger partial charge < -0.3 is 64.0 Å². The summed E-state index contributed by atoms with van der Waals surface area (Å²) in [5.41, 5.74) is 3.62. The molecule has 93 heavy (non-hydrogen) atoms. The lowest BCUT2D eigenvalue weighted by Gasteiger charge is -2.36. The van der Waals surface area contributed by atoms with Crippen molar-refractivity contribution in [3.8, 4) is 33.3 Å². The van der Waals surface area contributed by atoms with E-state index in [9.17, 15) is 34.2 Å². The minimum Gasteiger partial charge on any atom is -0.508 e. The van der Waals surface area contributed by atoms with E-state index in [-0.39, 0.29) is 66.8 Å². The van der Waals surface area contributed by atoms with Gasteiger partial charge in [-0.15, -0.1) is 11.3 Å². The number of thiazole rings is 1. The number of hydrogen-bond donors (Lipinski definition) is 5. The van der Waals surface area contributed by atoms with E-state index in [0.29, 0.717) is 80.1 Å². The van der Waals surface area contributed by atoms with Crippen molar-refractivity contribution in [3.05, 3.63) is 94.3 Å². The number of aromatic nitrogens is 3. The van der Waals surface area contributed by atoms with Crippen LogP contribution in [0, 0.1) is 18.2 Å². The van der Waals surface area contributed by atoms with Gasteiger partial charge >= 0.3 is 18.1 Å². The Labute approximate surface area is 550 Å². The van der Waals surface area contributed by atoms with Gasteiger partial charge in [0.25, 0.3) is 5.91 Å². The molecule has 3 saturated heterocycles. The average Bonchev–Trinajstić information content (AvgIpc) is 1.46. The Kier molecular flexibility index (Phi) is 23.5. The highest BCUT2D eigenvalue weighted by atomic mass is 35.5. The van der Waals surface area contributed by atoms with Crippen molar-refractivity contribution in [2.75, 3.05) is 104 Å². The number of aliphatic hydroxyl groups is 1. The van der Waals surface area contributed by atoms with Crippen LogP contribution in [0.1, 0.15) is 92.0 Å². The van der Waals surface area contributed by atoms with E-state index >= 15 is 4.39 Å². The van der Waals surface area contributed by atoms with E-state index < -0.39 is 83.6 Å². The molecule has 3 aliphatic rings. The van der Waals surface area contributed by atoms with Crippen LogP contribution in [0.3, 0.4) is 0 Å². The SMILES string of the molecule is Cc1ncsc1-c1ccc([C@H](C)NC(=O)[C@@H]2C[C@@H](O)CN2C(=O)[C@@H](NC(=O)NC(=O)COCCOCCOCCOC2CCN(C[C@@H](C)Oc3nc(N4CCN(C(=O)OC(C)(C)C)CC4)c4cc(Cl)c(-c5cc(O)cc6ccccc56)c(F)c4n3)CC2)C(C)(C)C)cc1. The number of nitrogens with one attached hydrogen (secondary N) is 3. The molecule has 6 amide bonds. The highest BCUT2D eigenvalue weighted by Gasteiger charge is 2.45. The molecule has 0 bridgehead atoms. The molecule has 5 heterocycles. The Morgan fingerprint density at radius 1 is 0.828 bits per heavy atom. The fraction of sp³-hybridized carbons (Fsp3) is 0.522. The maximum atomic E-state index is 17.2. The first-order chi connectivity index (χ1) is 44.3. The van der Waals surface area contributed by atoms with E-state index in [4.69, 9.17) is 45.0 Å². The number of hydrogen-bond acceptors (Lipinski definition) is 19. The first-order valence-electron chi connectivity index (χ1n) is 31.6. The van der Waals surface area contributed by atoms with Crippen molar-refractivity contribution in [2.24, 2.45) is 5.41 Å². The number of phenols is 1. The van der Waals surface area contributed by atoms with Crippen molar-refractivity contribution in [2.45, 2.75) is 124 Å². The molecule has 23 nitrogen and oxygen atoms in total. The van der Waals surface area contributed by atoms with Crippen LogP contribution in [-0.4, -0.2) is 204 Å². The molecule has 0 radical (unpaired) electrons. The van der Waals surface area contributed by atoms with Crippen molar-refractivity contribution in [3.63, 3.8) is 0 Å². The van der Waals surface area contributed by atoms with Crippen LogP contribution in [0.5, 0.6) is 11.8 Å². The smallest absolute Gasteiger partial charge is 0.410 e. The van der Waals surface area contributed by atoms with Gasteiger partial charge in [-0.3, -0.25) is 24.6 Å². The number of β-amino-alcohol motifs (C(OH)–C–C–N with tert-alkyl or cyclic N) is 1. The van der Waals surface area contributed by atoms with Crippen LogP contribution in [0.2, 0.25) is 5.02 Å². The fourth-order valence-corrected chi connectivity index (χ4v) is 12.8. The molecule has 6 aromatic rings. The molecule has 9 rings (SSSR count). The molecular formula is C67H86ClFN10O13S. The van der Waals surface area contributed by atoms with E-state index in [1.54, 1.807) is 54.7 Å². The van der Waals surface area contributed by atoms with Crippen LogP contribution in [-0.2, 0) is 38.1 Å². The summed E-state index contributed by atoms with van der Waals surface area (Å²) >= 11 is 8.52. The maximum absolute atomic E-state index is 17.2. The Hall–Kier alpha value is -7.36. The van der Waals surface area contributed by atoms with Crippen LogP contribution in [0.15, 0.2) is 72.2 Å². The van der Waals surface area contributed by atoms with Crippen LogP contribution >= 0.6 is 22.9 Å². The number of anilines is 1. The number of urea groups is 1. The number of nitrogens with zero attached hydrogens (tertiary/aromatic N) is 7. The molecule has 4 aromatic carbocycles. The van der Waals surface area contributed by atoms with Crippen LogP contribution < -0.4 is 25.6 Å². The number of halogens is 2. The number of piperazine rings is 1. The number of rotatable bonds is 24. The number of fused-ring (bicyclic) bond motifs is 2. The predicted octanol–water partition coefficient (Wildman–Crippen LogP) is 8.81. The maximum Gasteiger partial charge on any atom is 0.410 e. The number of ether oxygens (including phenoxy) is 6. The van der Waals surface area contributed by atoms with Gasteiger partial charge in [-0.25, -0.2) is 19.0 Å². The monoisotopic (exact) mass is 1320 g/mol. The zero-order valence-corrected chi connectivity index (χ0v) is 55.9. The average molecular weight is 1330 g/mol. The predicted molar refractivity (Wildman–Crippen MR) is 352 cm³/mol. The first kappa shape index (κ1) is 70.0. The summed E-state index contributed by atoms with van der Waals surface area (Å²) in [6, 6.07) is 16.5. The minimum absolute atomic E-state index is 0.00538. The van der Waals surface area contributed by atoms with E-state index in [2.05, 4.69) is 30.8 Å². The van der Waals surface area contributed by atoms with E-state index in [1.807, 2.05) is 95.0 Å². The Balaban J connectivity index is 0.662. The van der Waals surface area contributed by atoms with Crippen LogP contribution in [0.25, 0.3) is 43.2 Å². The lowest BCUT2D eigenvalue weighted by Crippen LogP contribution is -2.59. The number of piperidine rings is 1. The van der Waals surface area contributed by atoms with Gasteiger partial charge in [0.05, 0.1) is 79.0 Å². The number of imide groups is 1. The Morgan fingerprint density at radius 2 is 1.51 bits per heavy atom. The van der Waals surface area contributed by atoms with E-state index in [1.165, 1.54) is 11.0 Å². The molecule has 0 aliphatic carbocycles. The third-order valence-corrected chi connectivity index (χ3v) is 17.7. The van der Waals surface area contributed by atoms with E-state index in [0.717, 1.165) is 47.6 Å². The zero-order chi connectivity index (χ0) is 66.7. The van der Waals surface area contributed by atoms with Gasteiger partial charge in [0.2, 0.25) is 11.8 Å². The minimum atomic E-state index is -1.16. The van der Waals surface area contributed by atoms with Gasteiger partial charge in [-0.1, -0.05) is 80.9 Å². The second-order valence-electron chi connectivity index (χ2n) is 25.9. The van der Waals surface area contributed by atoms with Gasteiger partial charge in [-0.05, 0) is 105 Å². The first-order valence-corrected chi connectivity index (χ1v) is 32.8. The number of phenolic OH excluding ortho intramolecular Hbond substituents is 1. The summed E-state index contributed by atoms with van der Waals surface area (Å²) in [6.07, 6.45) is -0.116.